The highest BCUT2D eigenvalue weighted by molar-refractivity contribution is 7.99. The maximum absolute atomic E-state index is 13.2. The summed E-state index contributed by atoms with van der Waals surface area (Å²) in [4.78, 5) is 13.2. The van der Waals surface area contributed by atoms with E-state index < -0.39 is 0 Å². The molecule has 0 N–H and O–H groups in total. The fraction of sp³-hybridized carbons (Fsp3) is 0.273. The normalized spacial score (nSPS) is 16.1. The highest BCUT2D eigenvalue weighted by atomic mass is 32.2. The number of hydrogen-bond acceptors (Lipinski definition) is 8. The number of hydrogen-bond donors (Lipinski definition) is 0. The fourth-order valence-corrected chi connectivity index (χ4v) is 4.40. The van der Waals surface area contributed by atoms with Gasteiger partial charge in [0.15, 0.2) is 10.9 Å². The molecular weight excluding hydrogens is 430 g/mol. The van der Waals surface area contributed by atoms with Gasteiger partial charge in [0, 0.05) is 25.5 Å². The van der Waals surface area contributed by atoms with Gasteiger partial charge in [-0.25, -0.2) is 5.01 Å². The number of rotatable bonds is 8. The van der Waals surface area contributed by atoms with E-state index in [1.54, 1.807) is 19.7 Å². The lowest BCUT2D eigenvalue weighted by Crippen LogP contribution is -2.28. The summed E-state index contributed by atoms with van der Waals surface area (Å²) in [6.45, 7) is 1.16. The number of aromatic nitrogens is 3. The quantitative estimate of drug-likeness (QED) is 0.376. The van der Waals surface area contributed by atoms with E-state index in [0.29, 0.717) is 42.0 Å². The van der Waals surface area contributed by atoms with Crippen molar-refractivity contribution in [1.29, 1.82) is 0 Å². The minimum Gasteiger partial charge on any atom is -0.467 e. The first-order chi connectivity index (χ1) is 15.7. The van der Waals surface area contributed by atoms with Gasteiger partial charge in [-0.1, -0.05) is 30.0 Å². The number of nitrogens with zero attached hydrogens (tertiary/aromatic N) is 5. The van der Waals surface area contributed by atoms with Gasteiger partial charge in [0.25, 0.3) is 5.91 Å². The van der Waals surface area contributed by atoms with Crippen LogP contribution >= 0.6 is 11.8 Å². The summed E-state index contributed by atoms with van der Waals surface area (Å²) in [5, 5.41) is 15.8. The van der Waals surface area contributed by atoms with E-state index in [9.17, 15) is 4.79 Å². The molecule has 0 radical (unpaired) electrons. The van der Waals surface area contributed by atoms with Crippen LogP contribution in [0.2, 0.25) is 0 Å². The molecule has 0 fully saturated rings. The molecule has 4 aromatic rings. The molecule has 0 bridgehead atoms. The summed E-state index contributed by atoms with van der Waals surface area (Å²) in [5.41, 5.74) is 1.50. The van der Waals surface area contributed by atoms with Gasteiger partial charge in [-0.15, -0.1) is 10.2 Å². The molecule has 1 atom stereocenters. The topological polar surface area (TPSA) is 98.9 Å². The highest BCUT2D eigenvalue weighted by Crippen LogP contribution is 2.35. The van der Waals surface area contributed by atoms with E-state index in [1.807, 2.05) is 47.0 Å². The van der Waals surface area contributed by atoms with Crippen molar-refractivity contribution in [3.63, 3.8) is 0 Å². The molecule has 32 heavy (non-hydrogen) atoms. The molecule has 0 spiro atoms. The average Bonchev–Trinajstić information content (AvgIpc) is 3.60. The van der Waals surface area contributed by atoms with Crippen LogP contribution in [0, 0.1) is 0 Å². The largest absolute Gasteiger partial charge is 0.467 e. The highest BCUT2D eigenvalue weighted by Gasteiger charge is 2.36. The van der Waals surface area contributed by atoms with E-state index >= 15 is 0 Å². The van der Waals surface area contributed by atoms with Crippen molar-refractivity contribution in [2.75, 3.05) is 19.5 Å². The van der Waals surface area contributed by atoms with Crippen LogP contribution in [-0.4, -0.2) is 50.9 Å². The molecule has 10 heteroatoms. The Balaban J connectivity index is 1.36. The molecular formula is C22H21N5O4S. The Morgan fingerprint density at radius 3 is 3.00 bits per heavy atom. The van der Waals surface area contributed by atoms with Crippen molar-refractivity contribution in [2.45, 2.75) is 24.2 Å². The van der Waals surface area contributed by atoms with E-state index in [2.05, 4.69) is 15.3 Å². The molecule has 1 aliphatic heterocycles. The molecule has 1 amide bonds. The van der Waals surface area contributed by atoms with Gasteiger partial charge in [-0.3, -0.25) is 4.79 Å². The maximum atomic E-state index is 13.2. The van der Waals surface area contributed by atoms with Gasteiger partial charge in [0.05, 0.1) is 18.6 Å². The Hall–Kier alpha value is -3.37. The van der Waals surface area contributed by atoms with Crippen LogP contribution in [0.1, 0.15) is 24.0 Å². The number of benzene rings is 1. The second-order valence-corrected chi connectivity index (χ2v) is 8.20. The fourth-order valence-electron chi connectivity index (χ4n) is 3.61. The first-order valence-electron chi connectivity index (χ1n) is 10.1. The van der Waals surface area contributed by atoms with E-state index in [0.717, 1.165) is 11.0 Å². The van der Waals surface area contributed by atoms with Crippen molar-refractivity contribution in [2.24, 2.45) is 5.10 Å². The minimum atomic E-state index is -0.326. The predicted molar refractivity (Wildman–Crippen MR) is 118 cm³/mol. The molecule has 9 nitrogen and oxygen atoms in total. The minimum absolute atomic E-state index is 0.149. The summed E-state index contributed by atoms with van der Waals surface area (Å²) in [7, 11) is 1.64. The number of amides is 1. The third kappa shape index (κ3) is 4.06. The van der Waals surface area contributed by atoms with E-state index in [-0.39, 0.29) is 17.7 Å². The number of carbonyl (C=O) groups excluding carboxylic acids is 1. The van der Waals surface area contributed by atoms with Crippen LogP contribution in [0.25, 0.3) is 11.0 Å². The number of furan rings is 2. The predicted octanol–water partition coefficient (Wildman–Crippen LogP) is 3.73. The van der Waals surface area contributed by atoms with Gasteiger partial charge in [-0.2, -0.15) is 5.10 Å². The van der Waals surface area contributed by atoms with Crippen LogP contribution in [-0.2, 0) is 16.1 Å². The summed E-state index contributed by atoms with van der Waals surface area (Å²) < 4.78 is 18.6. The van der Waals surface area contributed by atoms with Crippen LogP contribution in [0.5, 0.6) is 0 Å². The van der Waals surface area contributed by atoms with Crippen LogP contribution < -0.4 is 0 Å². The van der Waals surface area contributed by atoms with Gasteiger partial charge >= 0.3 is 0 Å². The monoisotopic (exact) mass is 451 g/mol. The molecule has 1 aromatic carbocycles. The van der Waals surface area contributed by atoms with E-state index in [4.69, 9.17) is 13.6 Å². The smallest absolute Gasteiger partial charge is 0.253 e. The number of para-hydroxylation sites is 1. The Labute approximate surface area is 188 Å². The third-order valence-corrected chi connectivity index (χ3v) is 6.15. The van der Waals surface area contributed by atoms with Gasteiger partial charge in [0.2, 0.25) is 0 Å². The Morgan fingerprint density at radius 1 is 1.28 bits per heavy atom. The molecule has 0 saturated carbocycles. The summed E-state index contributed by atoms with van der Waals surface area (Å²) in [5.74, 6) is 1.36. The maximum Gasteiger partial charge on any atom is 0.253 e. The van der Waals surface area contributed by atoms with Crippen LogP contribution in [0.3, 0.4) is 0 Å². The SMILES string of the molecule is COCCn1cnnc1SCC(=O)N1N=C(c2cc3ccccc3o2)CC1c1ccco1. The van der Waals surface area contributed by atoms with Crippen molar-refractivity contribution in [1.82, 2.24) is 19.8 Å². The standard InChI is InChI=1S/C22H21N5O4S/c1-29-10-8-26-14-23-24-22(26)32-13-21(28)27-17(19-7-4-9-30-19)12-16(25-27)20-11-15-5-2-3-6-18(15)31-20/h2-7,9,11,14,17H,8,10,12-13H2,1H3. The molecule has 3 aromatic heterocycles. The Bertz CT molecular complexity index is 1210. The number of ether oxygens (including phenoxy) is 1. The van der Waals surface area contributed by atoms with Crippen molar-refractivity contribution >= 4 is 34.3 Å². The summed E-state index contributed by atoms with van der Waals surface area (Å²) >= 11 is 1.32. The molecule has 4 heterocycles. The number of fused-ring (bicyclic) bond motifs is 1. The Morgan fingerprint density at radius 2 is 2.19 bits per heavy atom. The molecule has 164 valence electrons. The molecule has 1 aliphatic rings. The Kier molecular flexibility index (Phi) is 5.78. The van der Waals surface area contributed by atoms with E-state index in [1.165, 1.54) is 16.8 Å². The lowest BCUT2D eigenvalue weighted by atomic mass is 10.1. The first-order valence-corrected chi connectivity index (χ1v) is 11.1. The summed E-state index contributed by atoms with van der Waals surface area (Å²) in [6.07, 6.45) is 3.74. The first kappa shape index (κ1) is 20.5. The molecule has 0 aliphatic carbocycles. The lowest BCUT2D eigenvalue weighted by molar-refractivity contribution is -0.130. The van der Waals surface area contributed by atoms with Crippen LogP contribution in [0.4, 0.5) is 0 Å². The zero-order valence-corrected chi connectivity index (χ0v) is 18.2. The summed E-state index contributed by atoms with van der Waals surface area (Å²) in [6, 6.07) is 13.1. The second-order valence-electron chi connectivity index (χ2n) is 7.26. The molecule has 1 unspecified atom stereocenters. The average molecular weight is 452 g/mol. The van der Waals surface area contributed by atoms with Gasteiger partial charge < -0.3 is 18.1 Å². The van der Waals surface area contributed by atoms with Gasteiger partial charge in [-0.05, 0) is 24.3 Å². The van der Waals surface area contributed by atoms with Crippen molar-refractivity contribution in [3.8, 4) is 0 Å². The van der Waals surface area contributed by atoms with Crippen LogP contribution in [0.15, 0.2) is 74.1 Å². The number of carbonyl (C=O) groups is 1. The van der Waals surface area contributed by atoms with Gasteiger partial charge in [0.1, 0.15) is 29.4 Å². The number of methoxy groups -OCH3 is 1. The number of hydrazone groups is 1. The van der Waals surface area contributed by atoms with Crippen molar-refractivity contribution < 1.29 is 18.4 Å². The van der Waals surface area contributed by atoms with Crippen molar-refractivity contribution in [3.05, 3.63) is 66.6 Å². The molecule has 0 saturated heterocycles. The zero-order chi connectivity index (χ0) is 21.9. The number of thioether (sulfide) groups is 1. The lowest BCUT2D eigenvalue weighted by Gasteiger charge is -2.19. The zero-order valence-electron chi connectivity index (χ0n) is 17.4. The second kappa shape index (κ2) is 9.01. The third-order valence-electron chi connectivity index (χ3n) is 5.19. The molecule has 5 rings (SSSR count).